The van der Waals surface area contributed by atoms with E-state index in [9.17, 15) is 4.79 Å². The zero-order valence-corrected chi connectivity index (χ0v) is 12.8. The number of rotatable bonds is 5. The predicted octanol–water partition coefficient (Wildman–Crippen LogP) is 3.59. The molecular weight excluding hydrogens is 304 g/mol. The summed E-state index contributed by atoms with van der Waals surface area (Å²) in [5, 5.41) is 5.53. The molecule has 6 heteroatoms. The van der Waals surface area contributed by atoms with Crippen molar-refractivity contribution in [2.75, 3.05) is 5.32 Å². The lowest BCUT2D eigenvalue weighted by molar-refractivity contribution is 0.251. The van der Waals surface area contributed by atoms with Crippen LogP contribution in [-0.2, 0) is 6.54 Å². The van der Waals surface area contributed by atoms with Crippen LogP contribution in [0.25, 0.3) is 0 Å². The highest BCUT2D eigenvalue weighted by atomic mass is 16.5. The fourth-order valence-corrected chi connectivity index (χ4v) is 2.01. The van der Waals surface area contributed by atoms with Crippen molar-refractivity contribution < 1.29 is 9.53 Å². The van der Waals surface area contributed by atoms with Gasteiger partial charge in [0, 0.05) is 36.9 Å². The van der Waals surface area contributed by atoms with Gasteiger partial charge in [0.15, 0.2) is 0 Å². The molecule has 0 radical (unpaired) electrons. The lowest BCUT2D eigenvalue weighted by Gasteiger charge is -2.09. The summed E-state index contributed by atoms with van der Waals surface area (Å²) in [6.45, 7) is 0.423. The summed E-state index contributed by atoms with van der Waals surface area (Å²) in [4.78, 5) is 20.0. The number of nitrogens with one attached hydrogen (secondary N) is 2. The summed E-state index contributed by atoms with van der Waals surface area (Å²) in [6.07, 6.45) is 4.95. The molecule has 2 aromatic heterocycles. The maximum absolute atomic E-state index is 12.0. The van der Waals surface area contributed by atoms with Crippen molar-refractivity contribution in [2.45, 2.75) is 6.54 Å². The van der Waals surface area contributed by atoms with Crippen molar-refractivity contribution in [3.8, 4) is 11.6 Å². The van der Waals surface area contributed by atoms with Crippen LogP contribution < -0.4 is 15.4 Å². The van der Waals surface area contributed by atoms with E-state index in [0.29, 0.717) is 23.9 Å². The Bertz CT molecular complexity index is 794. The number of pyridine rings is 2. The van der Waals surface area contributed by atoms with Crippen molar-refractivity contribution in [1.82, 2.24) is 15.3 Å². The molecule has 3 rings (SSSR count). The summed E-state index contributed by atoms with van der Waals surface area (Å²) in [5.41, 5.74) is 1.58. The molecule has 0 aliphatic heterocycles. The molecule has 0 aliphatic carbocycles. The van der Waals surface area contributed by atoms with Crippen LogP contribution in [0.5, 0.6) is 11.6 Å². The molecule has 3 aromatic rings. The van der Waals surface area contributed by atoms with Crippen molar-refractivity contribution in [3.63, 3.8) is 0 Å². The van der Waals surface area contributed by atoms with Gasteiger partial charge < -0.3 is 15.4 Å². The number of hydrogen-bond donors (Lipinski definition) is 2. The third-order valence-corrected chi connectivity index (χ3v) is 3.16. The van der Waals surface area contributed by atoms with Gasteiger partial charge in [0.05, 0.1) is 0 Å². The number of para-hydroxylation sites is 1. The molecule has 120 valence electrons. The lowest BCUT2D eigenvalue weighted by atomic mass is 10.3. The van der Waals surface area contributed by atoms with Crippen molar-refractivity contribution >= 4 is 11.7 Å². The summed E-state index contributed by atoms with van der Waals surface area (Å²) >= 11 is 0. The number of hydrogen-bond acceptors (Lipinski definition) is 4. The first kappa shape index (κ1) is 15.5. The summed E-state index contributed by atoms with van der Waals surface area (Å²) in [5.74, 6) is 1.09. The molecule has 2 amide bonds. The number of ether oxygens (including phenoxy) is 1. The van der Waals surface area contributed by atoms with E-state index in [2.05, 4.69) is 20.6 Å². The molecule has 0 atom stereocenters. The molecular formula is C18H16N4O2. The van der Waals surface area contributed by atoms with Gasteiger partial charge in [0.25, 0.3) is 0 Å². The molecule has 0 aliphatic rings. The molecule has 24 heavy (non-hydrogen) atoms. The van der Waals surface area contributed by atoms with Gasteiger partial charge in [-0.2, -0.15) is 0 Å². The van der Waals surface area contributed by atoms with Crippen molar-refractivity contribution in [3.05, 3.63) is 78.8 Å². The molecule has 0 bridgehead atoms. The van der Waals surface area contributed by atoms with Crippen LogP contribution >= 0.6 is 0 Å². The number of carbonyl (C=O) groups excluding carboxylic acids is 1. The quantitative estimate of drug-likeness (QED) is 0.753. The fraction of sp³-hybridized carbons (Fsp3) is 0.0556. The van der Waals surface area contributed by atoms with E-state index in [4.69, 9.17) is 4.74 Å². The van der Waals surface area contributed by atoms with Gasteiger partial charge in [-0.05, 0) is 35.9 Å². The second-order valence-electron chi connectivity index (χ2n) is 4.96. The molecule has 2 heterocycles. The number of carbonyl (C=O) groups is 1. The molecule has 0 spiro atoms. The zero-order chi connectivity index (χ0) is 16.6. The van der Waals surface area contributed by atoms with Crippen LogP contribution in [0.15, 0.2) is 73.2 Å². The minimum absolute atomic E-state index is 0.302. The Morgan fingerprint density at radius 3 is 2.58 bits per heavy atom. The van der Waals surface area contributed by atoms with E-state index in [1.165, 1.54) is 0 Å². The van der Waals surface area contributed by atoms with Gasteiger partial charge in [-0.1, -0.05) is 18.2 Å². The average molecular weight is 320 g/mol. The van der Waals surface area contributed by atoms with E-state index in [0.717, 1.165) is 5.56 Å². The number of amides is 2. The third-order valence-electron chi connectivity index (χ3n) is 3.16. The summed E-state index contributed by atoms with van der Waals surface area (Å²) in [7, 11) is 0. The van der Waals surface area contributed by atoms with E-state index >= 15 is 0 Å². The predicted molar refractivity (Wildman–Crippen MR) is 90.8 cm³/mol. The topological polar surface area (TPSA) is 76.1 Å². The number of anilines is 1. The monoisotopic (exact) mass is 320 g/mol. The molecule has 0 saturated carbocycles. The summed E-state index contributed by atoms with van der Waals surface area (Å²) < 4.78 is 5.64. The summed E-state index contributed by atoms with van der Waals surface area (Å²) in [6, 6.07) is 16.1. The van der Waals surface area contributed by atoms with Gasteiger partial charge in [-0.25, -0.2) is 9.78 Å². The SMILES string of the molecule is O=C(NCc1ccncc1)Nc1ccnc(Oc2ccccc2)c1. The molecule has 1 aromatic carbocycles. The van der Waals surface area contributed by atoms with Crippen LogP contribution in [0.1, 0.15) is 5.56 Å². The molecule has 0 saturated heterocycles. The van der Waals surface area contributed by atoms with Crippen molar-refractivity contribution in [1.29, 1.82) is 0 Å². The number of nitrogens with zero attached hydrogens (tertiary/aromatic N) is 2. The van der Waals surface area contributed by atoms with E-state index in [1.54, 1.807) is 30.7 Å². The number of benzene rings is 1. The highest BCUT2D eigenvalue weighted by Crippen LogP contribution is 2.21. The van der Waals surface area contributed by atoms with Crippen LogP contribution in [0.2, 0.25) is 0 Å². The largest absolute Gasteiger partial charge is 0.439 e. The Balaban J connectivity index is 1.57. The molecule has 2 N–H and O–H groups in total. The van der Waals surface area contributed by atoms with E-state index < -0.39 is 0 Å². The van der Waals surface area contributed by atoms with Gasteiger partial charge >= 0.3 is 6.03 Å². The van der Waals surface area contributed by atoms with E-state index in [1.807, 2.05) is 42.5 Å². The Morgan fingerprint density at radius 2 is 1.79 bits per heavy atom. The lowest BCUT2D eigenvalue weighted by Crippen LogP contribution is -2.28. The van der Waals surface area contributed by atoms with Gasteiger partial charge in [0.2, 0.25) is 5.88 Å². The van der Waals surface area contributed by atoms with Gasteiger partial charge in [-0.15, -0.1) is 0 Å². The second kappa shape index (κ2) is 7.73. The first-order chi connectivity index (χ1) is 11.8. The van der Waals surface area contributed by atoms with Crippen LogP contribution in [-0.4, -0.2) is 16.0 Å². The highest BCUT2D eigenvalue weighted by molar-refractivity contribution is 5.89. The van der Waals surface area contributed by atoms with Gasteiger partial charge in [-0.3, -0.25) is 4.98 Å². The van der Waals surface area contributed by atoms with Crippen LogP contribution in [0, 0.1) is 0 Å². The Kier molecular flexibility index (Phi) is 4.99. The zero-order valence-electron chi connectivity index (χ0n) is 12.8. The Hall–Kier alpha value is -3.41. The molecule has 6 nitrogen and oxygen atoms in total. The minimum Gasteiger partial charge on any atom is -0.439 e. The maximum Gasteiger partial charge on any atom is 0.319 e. The van der Waals surface area contributed by atoms with Crippen LogP contribution in [0.4, 0.5) is 10.5 Å². The highest BCUT2D eigenvalue weighted by Gasteiger charge is 2.04. The fourth-order valence-electron chi connectivity index (χ4n) is 2.01. The number of aromatic nitrogens is 2. The third kappa shape index (κ3) is 4.54. The Labute approximate surface area is 139 Å². The number of urea groups is 1. The van der Waals surface area contributed by atoms with Crippen molar-refractivity contribution in [2.24, 2.45) is 0 Å². The first-order valence-electron chi connectivity index (χ1n) is 7.42. The molecule has 0 unspecified atom stereocenters. The Morgan fingerprint density at radius 1 is 1.00 bits per heavy atom. The minimum atomic E-state index is -0.302. The van der Waals surface area contributed by atoms with E-state index in [-0.39, 0.29) is 6.03 Å². The second-order valence-corrected chi connectivity index (χ2v) is 4.96. The standard InChI is InChI=1S/C18H16N4O2/c23-18(21-13-14-6-9-19-10-7-14)22-15-8-11-20-17(12-15)24-16-4-2-1-3-5-16/h1-12H,13H2,(H2,20,21,22,23). The van der Waals surface area contributed by atoms with Gasteiger partial charge in [0.1, 0.15) is 5.75 Å². The average Bonchev–Trinajstić information content (AvgIpc) is 2.62. The molecule has 0 fully saturated rings. The normalized spacial score (nSPS) is 10.0. The maximum atomic E-state index is 12.0. The smallest absolute Gasteiger partial charge is 0.319 e. The van der Waals surface area contributed by atoms with Crippen LogP contribution in [0.3, 0.4) is 0 Å². The first-order valence-corrected chi connectivity index (χ1v) is 7.42.